The molecule has 0 N–H and O–H groups in total. The van der Waals surface area contributed by atoms with Crippen LogP contribution in [0.4, 0.5) is 22.7 Å². The Hall–Kier alpha value is -8.11. The van der Waals surface area contributed by atoms with Crippen molar-refractivity contribution in [2.75, 3.05) is 33.7 Å². The summed E-state index contributed by atoms with van der Waals surface area (Å²) in [7, 11) is 4.18. The number of aromatic nitrogens is 1. The summed E-state index contributed by atoms with van der Waals surface area (Å²) in [6, 6.07) is 40.5. The van der Waals surface area contributed by atoms with Crippen LogP contribution in [0.5, 0.6) is 0 Å². The summed E-state index contributed by atoms with van der Waals surface area (Å²) in [5.74, 6) is 0.915. The fourth-order valence-corrected chi connectivity index (χ4v) is 11.2. The minimum atomic E-state index is 0.143. The summed E-state index contributed by atoms with van der Waals surface area (Å²) in [6.45, 7) is 24.2. The Labute approximate surface area is 441 Å². The SMILES string of the molecule is Cc1ccc2c(n1)oc1c(N3C=CN(C)[C@@H]3C)c(C)ccc12.Cc1ccc2c(oc3ccccc32)c1N1C=CN(C)[C@@H]1C.Cc1ccc2c(oc3ccccc32)c1N1C=CN(c2c(C(C)C)cccc2C(C)C)[C@@H]1C. The van der Waals surface area contributed by atoms with Crippen molar-refractivity contribution in [3.8, 4) is 0 Å². The monoisotopic (exact) mass is 996 g/mol. The molecule has 10 aromatic rings. The molecule has 6 aromatic carbocycles. The lowest BCUT2D eigenvalue weighted by Crippen LogP contribution is -2.37. The van der Waals surface area contributed by atoms with Crippen molar-refractivity contribution in [1.29, 1.82) is 0 Å². The summed E-state index contributed by atoms with van der Waals surface area (Å²) in [6.07, 6.45) is 13.6. The predicted molar refractivity (Wildman–Crippen MR) is 314 cm³/mol. The number of benzene rings is 6. The number of nitrogens with zero attached hydrogens (tertiary/aromatic N) is 7. The summed E-state index contributed by atoms with van der Waals surface area (Å²) in [5.41, 5.74) is 17.7. The first-order valence-electron chi connectivity index (χ1n) is 26.5. The number of hydrogen-bond donors (Lipinski definition) is 0. The summed E-state index contributed by atoms with van der Waals surface area (Å²) < 4.78 is 18.7. The van der Waals surface area contributed by atoms with Crippen LogP contribution in [0.3, 0.4) is 0 Å². The van der Waals surface area contributed by atoms with Crippen LogP contribution in [0.25, 0.3) is 65.9 Å². The number of fused-ring (bicyclic) bond motifs is 9. The molecule has 3 aliphatic heterocycles. The lowest BCUT2D eigenvalue weighted by molar-refractivity contribution is 0.383. The molecule has 382 valence electrons. The van der Waals surface area contributed by atoms with Crippen LogP contribution < -0.4 is 19.6 Å². The molecule has 75 heavy (non-hydrogen) atoms. The number of anilines is 4. The lowest BCUT2D eigenvalue weighted by atomic mass is 9.92. The van der Waals surface area contributed by atoms with Crippen molar-refractivity contribution in [3.63, 3.8) is 0 Å². The molecule has 3 aliphatic rings. The maximum Gasteiger partial charge on any atom is 0.227 e. The van der Waals surface area contributed by atoms with E-state index in [1.807, 2.05) is 31.2 Å². The van der Waals surface area contributed by atoms with E-state index >= 15 is 0 Å². The topological polar surface area (TPSA) is 71.8 Å². The lowest BCUT2D eigenvalue weighted by Gasteiger charge is -2.34. The van der Waals surface area contributed by atoms with Crippen LogP contribution in [0.2, 0.25) is 0 Å². The summed E-state index contributed by atoms with van der Waals surface area (Å²) in [4.78, 5) is 18.2. The second-order valence-corrected chi connectivity index (χ2v) is 21.3. The molecule has 0 saturated carbocycles. The molecular weight excluding hydrogens is 927 g/mol. The molecular formula is C65H69N7O3. The van der Waals surface area contributed by atoms with Gasteiger partial charge in [0.2, 0.25) is 5.71 Å². The summed E-state index contributed by atoms with van der Waals surface area (Å²) >= 11 is 0. The maximum atomic E-state index is 6.40. The predicted octanol–water partition coefficient (Wildman–Crippen LogP) is 16.9. The quantitative estimate of drug-likeness (QED) is 0.161. The zero-order valence-corrected chi connectivity index (χ0v) is 45.7. The van der Waals surface area contributed by atoms with Crippen LogP contribution in [0.1, 0.15) is 93.8 Å². The first-order valence-corrected chi connectivity index (χ1v) is 26.5. The van der Waals surface area contributed by atoms with Crippen LogP contribution in [0, 0.1) is 27.7 Å². The fraction of sp³-hybridized carbons (Fsp3) is 0.277. The number of hydrogen-bond acceptors (Lipinski definition) is 10. The van der Waals surface area contributed by atoms with Gasteiger partial charge >= 0.3 is 0 Å². The first-order chi connectivity index (χ1) is 36.1. The van der Waals surface area contributed by atoms with Gasteiger partial charge in [-0.2, -0.15) is 0 Å². The van der Waals surface area contributed by atoms with Gasteiger partial charge in [-0.1, -0.05) is 119 Å². The molecule has 0 fully saturated rings. The maximum absolute atomic E-state index is 6.40. The molecule has 3 atom stereocenters. The molecule has 0 spiro atoms. The van der Waals surface area contributed by atoms with E-state index in [-0.39, 0.29) is 12.3 Å². The molecule has 0 radical (unpaired) electrons. The van der Waals surface area contributed by atoms with Gasteiger partial charge in [-0.25, -0.2) is 4.98 Å². The van der Waals surface area contributed by atoms with E-state index in [4.69, 9.17) is 13.3 Å². The van der Waals surface area contributed by atoms with E-state index in [2.05, 4.69) is 246 Å². The normalized spacial score (nSPS) is 17.5. The van der Waals surface area contributed by atoms with Crippen molar-refractivity contribution < 1.29 is 13.3 Å². The minimum Gasteiger partial charge on any atom is -0.454 e. The molecule has 13 rings (SSSR count). The molecule has 0 aliphatic carbocycles. The second kappa shape index (κ2) is 19.3. The van der Waals surface area contributed by atoms with Gasteiger partial charge in [0.05, 0.1) is 17.1 Å². The van der Waals surface area contributed by atoms with Crippen molar-refractivity contribution in [2.24, 2.45) is 0 Å². The van der Waals surface area contributed by atoms with E-state index in [9.17, 15) is 0 Å². The van der Waals surface area contributed by atoms with Crippen LogP contribution in [0.15, 0.2) is 166 Å². The number of para-hydroxylation sites is 3. The third-order valence-corrected chi connectivity index (χ3v) is 15.7. The van der Waals surface area contributed by atoms with Crippen LogP contribution >= 0.6 is 0 Å². The van der Waals surface area contributed by atoms with Crippen molar-refractivity contribution in [3.05, 3.63) is 186 Å². The molecule has 0 unspecified atom stereocenters. The largest absolute Gasteiger partial charge is 0.454 e. The summed E-state index contributed by atoms with van der Waals surface area (Å²) in [5, 5.41) is 6.90. The average molecular weight is 996 g/mol. The highest BCUT2D eigenvalue weighted by Crippen LogP contribution is 2.45. The number of pyridine rings is 1. The molecule has 10 nitrogen and oxygen atoms in total. The zero-order valence-electron chi connectivity index (χ0n) is 45.7. The highest BCUT2D eigenvalue weighted by molar-refractivity contribution is 6.11. The number of rotatable bonds is 6. The fourth-order valence-electron chi connectivity index (χ4n) is 11.2. The van der Waals surface area contributed by atoms with Gasteiger partial charge in [-0.05, 0) is 112 Å². The van der Waals surface area contributed by atoms with E-state index in [1.54, 1.807) is 0 Å². The molecule has 10 heteroatoms. The van der Waals surface area contributed by atoms with E-state index < -0.39 is 0 Å². The minimum absolute atomic E-state index is 0.143. The molecule has 0 amide bonds. The average Bonchev–Trinajstić information content (AvgIpc) is 4.27. The zero-order chi connectivity index (χ0) is 52.6. The Morgan fingerprint density at radius 2 is 0.773 bits per heavy atom. The van der Waals surface area contributed by atoms with E-state index in [0.717, 1.165) is 61.4 Å². The Morgan fingerprint density at radius 1 is 0.387 bits per heavy atom. The third-order valence-electron chi connectivity index (χ3n) is 15.7. The molecule has 7 heterocycles. The Kier molecular flexibility index (Phi) is 12.6. The highest BCUT2D eigenvalue weighted by Gasteiger charge is 2.32. The number of furan rings is 3. The standard InChI is InChI=1S/C29H32N2O.C18H19N3O.C18H18N2O/c1-18(2)22-11-9-12-23(19(3)4)28(22)31-17-16-30(21(31)6)27-20(5)14-15-25-24-10-7-8-13-26(24)32-29(25)27;1-11-5-7-14-15-8-6-12(2)19-18(15)22-17(14)16(11)21-10-9-20(4)13(21)3;1-12-8-9-15-14-6-4-5-7-16(14)21-18(15)17(12)20-11-10-19(3)13(20)2/h7-19,21H,1-6H3;5-10,13H,1-4H3;4-11,13H,1-3H3/t21-;2*13-/m100/s1. The third kappa shape index (κ3) is 8.40. The van der Waals surface area contributed by atoms with Gasteiger partial charge in [-0.3, -0.25) is 0 Å². The Morgan fingerprint density at radius 3 is 1.21 bits per heavy atom. The van der Waals surface area contributed by atoms with Gasteiger partial charge in [-0.15, -0.1) is 0 Å². The molecule has 4 aromatic heterocycles. The van der Waals surface area contributed by atoms with Gasteiger partial charge in [0, 0.05) is 95.0 Å². The van der Waals surface area contributed by atoms with Crippen molar-refractivity contribution in [2.45, 2.75) is 106 Å². The highest BCUT2D eigenvalue weighted by atomic mass is 16.3. The molecule has 0 saturated heterocycles. The first kappa shape index (κ1) is 49.1. The van der Waals surface area contributed by atoms with Gasteiger partial charge in [0.1, 0.15) is 29.7 Å². The number of aryl methyl sites for hydroxylation is 4. The second-order valence-electron chi connectivity index (χ2n) is 21.3. The van der Waals surface area contributed by atoms with E-state index in [1.165, 1.54) is 55.0 Å². The smallest absolute Gasteiger partial charge is 0.227 e. The Balaban J connectivity index is 0.000000124. The Bertz CT molecular complexity index is 3860. The van der Waals surface area contributed by atoms with Gasteiger partial charge in [0.15, 0.2) is 16.7 Å². The van der Waals surface area contributed by atoms with Crippen molar-refractivity contribution >= 4 is 88.7 Å². The van der Waals surface area contributed by atoms with E-state index in [0.29, 0.717) is 23.7 Å². The van der Waals surface area contributed by atoms with Gasteiger partial charge < -0.3 is 42.7 Å². The van der Waals surface area contributed by atoms with Crippen molar-refractivity contribution in [1.82, 2.24) is 14.8 Å². The van der Waals surface area contributed by atoms with Gasteiger partial charge in [0.25, 0.3) is 0 Å². The van der Waals surface area contributed by atoms with Crippen LogP contribution in [-0.2, 0) is 0 Å². The van der Waals surface area contributed by atoms with Crippen LogP contribution in [-0.4, -0.2) is 47.4 Å². The molecule has 0 bridgehead atoms.